The summed E-state index contributed by atoms with van der Waals surface area (Å²) < 4.78 is 11.1. The fourth-order valence-corrected chi connectivity index (χ4v) is 2.13. The molecule has 1 fully saturated rings. The van der Waals surface area contributed by atoms with Crippen molar-refractivity contribution in [2.45, 2.75) is 31.8 Å². The van der Waals surface area contributed by atoms with Crippen molar-refractivity contribution in [2.24, 2.45) is 0 Å². The number of hydrogen-bond donors (Lipinski definition) is 1. The molecule has 2 atom stereocenters. The van der Waals surface area contributed by atoms with Gasteiger partial charge in [0.05, 0.1) is 17.1 Å². The quantitative estimate of drug-likeness (QED) is 0.655. The molecular formula is C12H15NO5. The number of para-hydroxylation sites is 1. The average molecular weight is 253 g/mol. The number of benzene rings is 1. The summed E-state index contributed by atoms with van der Waals surface area (Å²) in [7, 11) is 0. The molecule has 1 aliphatic rings. The van der Waals surface area contributed by atoms with Gasteiger partial charge in [-0.2, -0.15) is 0 Å². The second-order valence-electron chi connectivity index (χ2n) is 4.59. The minimum atomic E-state index is -0.859. The van der Waals surface area contributed by atoms with Crippen LogP contribution in [0.1, 0.15) is 25.5 Å². The second-order valence-corrected chi connectivity index (χ2v) is 4.59. The van der Waals surface area contributed by atoms with Crippen molar-refractivity contribution >= 4 is 5.69 Å². The molecule has 1 aromatic carbocycles. The van der Waals surface area contributed by atoms with E-state index in [2.05, 4.69) is 0 Å². The summed E-state index contributed by atoms with van der Waals surface area (Å²) in [5.74, 6) is -0.859. The first kappa shape index (κ1) is 12.9. The summed E-state index contributed by atoms with van der Waals surface area (Å²) in [6.07, 6.45) is -1.23. The van der Waals surface area contributed by atoms with Crippen LogP contribution in [0.5, 0.6) is 0 Å². The molecule has 0 bridgehead atoms. The molecule has 0 unspecified atom stereocenters. The summed E-state index contributed by atoms with van der Waals surface area (Å²) in [5.41, 5.74) is 0.398. The van der Waals surface area contributed by atoms with Gasteiger partial charge in [0.25, 0.3) is 5.69 Å². The molecule has 2 rings (SSSR count). The third kappa shape index (κ3) is 2.35. The van der Waals surface area contributed by atoms with E-state index in [0.717, 1.165) is 0 Å². The van der Waals surface area contributed by atoms with Gasteiger partial charge in [-0.3, -0.25) is 10.1 Å². The number of aliphatic hydroxyl groups excluding tert-OH is 1. The second kappa shape index (κ2) is 4.64. The number of nitro groups is 1. The highest BCUT2D eigenvalue weighted by molar-refractivity contribution is 5.42. The highest BCUT2D eigenvalue weighted by Crippen LogP contribution is 2.40. The van der Waals surface area contributed by atoms with Crippen LogP contribution in [0.2, 0.25) is 0 Å². The minimum absolute atomic E-state index is 0.0257. The maximum atomic E-state index is 11.0. The van der Waals surface area contributed by atoms with Crippen molar-refractivity contribution in [3.63, 3.8) is 0 Å². The van der Waals surface area contributed by atoms with Crippen LogP contribution in [0.4, 0.5) is 5.69 Å². The van der Waals surface area contributed by atoms with Crippen molar-refractivity contribution in [1.29, 1.82) is 0 Å². The lowest BCUT2D eigenvalue weighted by Gasteiger charge is -2.16. The Bertz CT molecular complexity index is 460. The number of nitrogens with zero attached hydrogens (tertiary/aromatic N) is 1. The summed E-state index contributed by atoms with van der Waals surface area (Å²) in [4.78, 5) is 10.5. The largest absolute Gasteiger partial charge is 0.394 e. The van der Waals surface area contributed by atoms with Crippen LogP contribution in [0.3, 0.4) is 0 Å². The third-order valence-corrected chi connectivity index (χ3v) is 2.80. The highest BCUT2D eigenvalue weighted by Gasteiger charge is 2.43. The molecule has 1 saturated heterocycles. The molecule has 98 valence electrons. The zero-order valence-corrected chi connectivity index (χ0v) is 10.2. The lowest BCUT2D eigenvalue weighted by atomic mass is 10.0. The molecule has 1 aliphatic heterocycles. The van der Waals surface area contributed by atoms with Crippen LogP contribution in [0.15, 0.2) is 24.3 Å². The molecule has 0 radical (unpaired) electrons. The molecule has 6 nitrogen and oxygen atoms in total. The monoisotopic (exact) mass is 253 g/mol. The summed E-state index contributed by atoms with van der Waals surface area (Å²) in [6.45, 7) is 3.18. The molecule has 0 aliphatic carbocycles. The first-order chi connectivity index (χ1) is 8.44. The Kier molecular flexibility index (Phi) is 3.34. The average Bonchev–Trinajstić information content (AvgIpc) is 2.64. The first-order valence-corrected chi connectivity index (χ1v) is 5.64. The Balaban J connectivity index is 2.39. The molecular weight excluding hydrogens is 238 g/mol. The molecule has 0 spiro atoms. The Morgan fingerprint density at radius 1 is 1.39 bits per heavy atom. The normalized spacial score (nSPS) is 26.2. The van der Waals surface area contributed by atoms with Gasteiger partial charge in [0, 0.05) is 6.07 Å². The molecule has 1 heterocycles. The maximum absolute atomic E-state index is 11.0. The number of rotatable bonds is 3. The predicted octanol–water partition coefficient (Wildman–Crippen LogP) is 1.78. The number of ether oxygens (including phenoxy) is 2. The van der Waals surface area contributed by atoms with E-state index in [4.69, 9.17) is 9.47 Å². The van der Waals surface area contributed by atoms with E-state index in [0.29, 0.717) is 5.56 Å². The molecule has 1 N–H and O–H groups in total. The zero-order chi connectivity index (χ0) is 13.3. The number of aliphatic hydroxyl groups is 1. The van der Waals surface area contributed by atoms with Gasteiger partial charge in [-0.25, -0.2) is 0 Å². The van der Waals surface area contributed by atoms with Gasteiger partial charge in [0.1, 0.15) is 12.2 Å². The van der Waals surface area contributed by atoms with Crippen molar-refractivity contribution in [2.75, 3.05) is 6.61 Å². The lowest BCUT2D eigenvalue weighted by molar-refractivity contribution is -0.386. The fourth-order valence-electron chi connectivity index (χ4n) is 2.13. The number of nitro benzene ring substituents is 1. The highest BCUT2D eigenvalue weighted by atomic mass is 16.8. The van der Waals surface area contributed by atoms with Crippen LogP contribution < -0.4 is 0 Å². The van der Waals surface area contributed by atoms with E-state index in [1.54, 1.807) is 32.0 Å². The van der Waals surface area contributed by atoms with Crippen molar-refractivity contribution in [1.82, 2.24) is 0 Å². The Labute approximate surface area is 104 Å². The SMILES string of the molecule is CC1(C)O[C@@H](CO)[C@H](c2ccccc2[N+](=O)[O-])O1. The van der Waals surface area contributed by atoms with E-state index in [1.807, 2.05) is 0 Å². The molecule has 0 amide bonds. The van der Waals surface area contributed by atoms with Crippen LogP contribution in [0, 0.1) is 10.1 Å². The summed E-state index contributed by atoms with van der Waals surface area (Å²) >= 11 is 0. The van der Waals surface area contributed by atoms with Crippen molar-refractivity contribution in [3.05, 3.63) is 39.9 Å². The molecule has 6 heteroatoms. The Morgan fingerprint density at radius 3 is 2.67 bits per heavy atom. The van der Waals surface area contributed by atoms with Gasteiger partial charge in [-0.15, -0.1) is 0 Å². The van der Waals surface area contributed by atoms with E-state index in [-0.39, 0.29) is 12.3 Å². The van der Waals surface area contributed by atoms with Crippen molar-refractivity contribution < 1.29 is 19.5 Å². The Morgan fingerprint density at radius 2 is 2.06 bits per heavy atom. The molecule has 1 aromatic rings. The minimum Gasteiger partial charge on any atom is -0.394 e. The molecule has 18 heavy (non-hydrogen) atoms. The van der Waals surface area contributed by atoms with Crippen LogP contribution >= 0.6 is 0 Å². The van der Waals surface area contributed by atoms with E-state index >= 15 is 0 Å². The van der Waals surface area contributed by atoms with E-state index < -0.39 is 22.9 Å². The van der Waals surface area contributed by atoms with Gasteiger partial charge in [-0.1, -0.05) is 12.1 Å². The maximum Gasteiger partial charge on any atom is 0.275 e. The van der Waals surface area contributed by atoms with E-state index in [9.17, 15) is 15.2 Å². The fraction of sp³-hybridized carbons (Fsp3) is 0.500. The number of hydrogen-bond acceptors (Lipinski definition) is 5. The van der Waals surface area contributed by atoms with Gasteiger partial charge in [-0.05, 0) is 19.9 Å². The van der Waals surface area contributed by atoms with Gasteiger partial charge < -0.3 is 14.6 Å². The zero-order valence-electron chi connectivity index (χ0n) is 10.2. The molecule has 0 saturated carbocycles. The molecule has 0 aromatic heterocycles. The summed E-state index contributed by atoms with van der Waals surface area (Å²) in [5, 5.41) is 20.3. The van der Waals surface area contributed by atoms with Gasteiger partial charge in [0.2, 0.25) is 0 Å². The lowest BCUT2D eigenvalue weighted by Crippen LogP contribution is -2.23. The topological polar surface area (TPSA) is 81.8 Å². The summed E-state index contributed by atoms with van der Waals surface area (Å²) in [6, 6.07) is 6.33. The van der Waals surface area contributed by atoms with Crippen molar-refractivity contribution in [3.8, 4) is 0 Å². The standard InChI is InChI=1S/C12H15NO5/c1-12(2)17-10(7-14)11(18-12)8-5-3-4-6-9(8)13(15)16/h3-6,10-11,14H,7H2,1-2H3/t10-,11-/m0/s1. The van der Waals surface area contributed by atoms with E-state index in [1.165, 1.54) is 6.07 Å². The van der Waals surface area contributed by atoms with Gasteiger partial charge >= 0.3 is 0 Å². The van der Waals surface area contributed by atoms with Crippen LogP contribution in [-0.4, -0.2) is 28.5 Å². The smallest absolute Gasteiger partial charge is 0.275 e. The predicted molar refractivity (Wildman–Crippen MR) is 63.0 cm³/mol. The Hall–Kier alpha value is -1.50. The van der Waals surface area contributed by atoms with Crippen LogP contribution in [-0.2, 0) is 9.47 Å². The first-order valence-electron chi connectivity index (χ1n) is 5.64. The van der Waals surface area contributed by atoms with Gasteiger partial charge in [0.15, 0.2) is 5.79 Å². The van der Waals surface area contributed by atoms with Crippen LogP contribution in [0.25, 0.3) is 0 Å². The third-order valence-electron chi connectivity index (χ3n) is 2.80.